The van der Waals surface area contributed by atoms with Crippen molar-refractivity contribution < 1.29 is 4.79 Å². The molecule has 1 aromatic carbocycles. The summed E-state index contributed by atoms with van der Waals surface area (Å²) in [6, 6.07) is 12.8. The molecular weight excluding hydrogens is 386 g/mol. The third-order valence-corrected chi connectivity index (χ3v) is 6.90. The van der Waals surface area contributed by atoms with Gasteiger partial charge < -0.3 is 9.80 Å². The molecule has 1 aromatic heterocycles. The van der Waals surface area contributed by atoms with E-state index in [0.717, 1.165) is 94.0 Å². The zero-order valence-corrected chi connectivity index (χ0v) is 18.0. The molecule has 1 aliphatic carbocycles. The molecule has 0 saturated carbocycles. The molecule has 31 heavy (non-hydrogen) atoms. The number of nitrogens with zero attached hydrogens (tertiary/aromatic N) is 5. The van der Waals surface area contributed by atoms with Gasteiger partial charge in [-0.25, -0.2) is 4.98 Å². The summed E-state index contributed by atoms with van der Waals surface area (Å²) < 4.78 is 0. The van der Waals surface area contributed by atoms with Crippen LogP contribution in [0.25, 0.3) is 11.3 Å². The normalized spacial score (nSPS) is 18.8. The van der Waals surface area contributed by atoms with Gasteiger partial charge in [-0.15, -0.1) is 0 Å². The van der Waals surface area contributed by atoms with Gasteiger partial charge in [-0.2, -0.15) is 5.26 Å². The Hall–Kier alpha value is -2.91. The number of anilines is 1. The minimum absolute atomic E-state index is 0.255. The number of pyridine rings is 1. The van der Waals surface area contributed by atoms with Crippen molar-refractivity contribution in [3.8, 4) is 17.3 Å². The maximum Gasteiger partial charge on any atom is 0.236 e. The van der Waals surface area contributed by atoms with Crippen LogP contribution in [0.1, 0.15) is 36.0 Å². The highest BCUT2D eigenvalue weighted by Gasteiger charge is 2.29. The van der Waals surface area contributed by atoms with Crippen molar-refractivity contribution in [3.63, 3.8) is 0 Å². The van der Waals surface area contributed by atoms with Crippen LogP contribution in [0.2, 0.25) is 0 Å². The van der Waals surface area contributed by atoms with Crippen LogP contribution in [0, 0.1) is 11.3 Å². The number of carbonyl (C=O) groups excluding carboxylic acids is 1. The molecule has 0 bridgehead atoms. The van der Waals surface area contributed by atoms with Crippen LogP contribution in [0.4, 0.5) is 5.82 Å². The van der Waals surface area contributed by atoms with Crippen LogP contribution < -0.4 is 4.90 Å². The average Bonchev–Trinajstić information content (AvgIpc) is 3.52. The molecule has 2 saturated heterocycles. The summed E-state index contributed by atoms with van der Waals surface area (Å²) in [5.41, 5.74) is 5.36. The van der Waals surface area contributed by atoms with E-state index in [9.17, 15) is 10.1 Å². The third kappa shape index (κ3) is 3.90. The Bertz CT molecular complexity index is 999. The number of carbonyl (C=O) groups is 1. The molecule has 0 atom stereocenters. The summed E-state index contributed by atoms with van der Waals surface area (Å²) in [6.07, 6.45) is 5.29. The number of benzene rings is 1. The van der Waals surface area contributed by atoms with Crippen molar-refractivity contribution in [1.29, 1.82) is 5.26 Å². The number of likely N-dealkylation sites (tertiary alicyclic amines) is 1. The monoisotopic (exact) mass is 415 g/mol. The van der Waals surface area contributed by atoms with E-state index in [-0.39, 0.29) is 5.91 Å². The SMILES string of the molecule is N#Cc1c(N2CCN(CC(=O)N3CCCC3)CC2)nc(-c2ccccc2)c2c1CCC2. The van der Waals surface area contributed by atoms with Crippen LogP contribution >= 0.6 is 0 Å². The van der Waals surface area contributed by atoms with Crippen LogP contribution in [0.3, 0.4) is 0 Å². The first-order valence-electron chi connectivity index (χ1n) is 11.5. The second-order valence-electron chi connectivity index (χ2n) is 8.80. The highest BCUT2D eigenvalue weighted by molar-refractivity contribution is 5.78. The van der Waals surface area contributed by atoms with E-state index < -0.39 is 0 Å². The molecule has 5 rings (SSSR count). The van der Waals surface area contributed by atoms with Crippen LogP contribution in [-0.2, 0) is 17.6 Å². The van der Waals surface area contributed by atoms with Crippen molar-refractivity contribution in [2.24, 2.45) is 0 Å². The van der Waals surface area contributed by atoms with E-state index >= 15 is 0 Å². The van der Waals surface area contributed by atoms with E-state index in [4.69, 9.17) is 4.98 Å². The molecule has 160 valence electrons. The summed E-state index contributed by atoms with van der Waals surface area (Å²) in [4.78, 5) is 24.1. The lowest BCUT2D eigenvalue weighted by Crippen LogP contribution is -2.50. The number of aromatic nitrogens is 1. The number of hydrogen-bond acceptors (Lipinski definition) is 5. The molecule has 1 amide bonds. The first kappa shape index (κ1) is 20.0. The Morgan fingerprint density at radius 2 is 1.65 bits per heavy atom. The summed E-state index contributed by atoms with van der Waals surface area (Å²) in [7, 11) is 0. The number of rotatable bonds is 4. The van der Waals surface area contributed by atoms with Gasteiger partial charge in [-0.1, -0.05) is 30.3 Å². The number of amides is 1. The number of fused-ring (bicyclic) bond motifs is 1. The van der Waals surface area contributed by atoms with Gasteiger partial charge in [0.2, 0.25) is 5.91 Å². The molecule has 2 aromatic rings. The predicted octanol–water partition coefficient (Wildman–Crippen LogP) is 2.85. The largest absolute Gasteiger partial charge is 0.353 e. The van der Waals surface area contributed by atoms with Crippen LogP contribution in [-0.4, -0.2) is 66.5 Å². The van der Waals surface area contributed by atoms with Crippen LogP contribution in [0.15, 0.2) is 30.3 Å². The van der Waals surface area contributed by atoms with Crippen molar-refractivity contribution in [3.05, 3.63) is 47.0 Å². The minimum atomic E-state index is 0.255. The molecule has 0 N–H and O–H groups in total. The van der Waals surface area contributed by atoms with Gasteiger partial charge in [0.25, 0.3) is 0 Å². The van der Waals surface area contributed by atoms with E-state index in [1.807, 2.05) is 23.1 Å². The highest BCUT2D eigenvalue weighted by atomic mass is 16.2. The lowest BCUT2D eigenvalue weighted by Gasteiger charge is -2.36. The molecule has 2 fully saturated rings. The van der Waals surface area contributed by atoms with Crippen molar-refractivity contribution in [2.45, 2.75) is 32.1 Å². The number of hydrogen-bond donors (Lipinski definition) is 0. The van der Waals surface area contributed by atoms with Gasteiger partial charge in [-0.05, 0) is 43.2 Å². The average molecular weight is 416 g/mol. The molecule has 3 aliphatic rings. The topological polar surface area (TPSA) is 63.5 Å². The van der Waals surface area contributed by atoms with Crippen molar-refractivity contribution in [2.75, 3.05) is 50.7 Å². The molecule has 0 spiro atoms. The Labute approximate surface area is 184 Å². The first-order valence-corrected chi connectivity index (χ1v) is 11.5. The standard InChI is InChI=1S/C25H29N5O/c26-17-22-20-9-6-10-21(20)24(19-7-2-1-3-8-19)27-25(22)30-15-13-28(14-16-30)18-23(31)29-11-4-5-12-29/h1-3,7-8H,4-6,9-16,18H2. The van der Waals surface area contributed by atoms with Gasteiger partial charge in [0.1, 0.15) is 11.9 Å². The fourth-order valence-electron chi connectivity index (χ4n) is 5.20. The smallest absolute Gasteiger partial charge is 0.236 e. The fourth-order valence-corrected chi connectivity index (χ4v) is 5.20. The fraction of sp³-hybridized carbons (Fsp3) is 0.480. The van der Waals surface area contributed by atoms with E-state index in [0.29, 0.717) is 6.54 Å². The Morgan fingerprint density at radius 1 is 0.935 bits per heavy atom. The predicted molar refractivity (Wildman–Crippen MR) is 121 cm³/mol. The molecule has 3 heterocycles. The van der Waals surface area contributed by atoms with Gasteiger partial charge in [0, 0.05) is 44.8 Å². The third-order valence-electron chi connectivity index (χ3n) is 6.90. The summed E-state index contributed by atoms with van der Waals surface area (Å²) in [5, 5.41) is 9.99. The maximum absolute atomic E-state index is 12.5. The molecule has 0 radical (unpaired) electrons. The van der Waals surface area contributed by atoms with Gasteiger partial charge in [0.15, 0.2) is 0 Å². The summed E-state index contributed by atoms with van der Waals surface area (Å²) >= 11 is 0. The van der Waals surface area contributed by atoms with E-state index in [2.05, 4.69) is 28.0 Å². The lowest BCUT2D eigenvalue weighted by molar-refractivity contribution is -0.131. The molecule has 6 heteroatoms. The van der Waals surface area contributed by atoms with E-state index in [1.165, 1.54) is 11.1 Å². The second-order valence-corrected chi connectivity index (χ2v) is 8.80. The molecule has 6 nitrogen and oxygen atoms in total. The zero-order valence-electron chi connectivity index (χ0n) is 18.0. The van der Waals surface area contributed by atoms with Crippen molar-refractivity contribution >= 4 is 11.7 Å². The molecular formula is C25H29N5O. The Kier molecular flexibility index (Phi) is 5.61. The van der Waals surface area contributed by atoms with Gasteiger partial charge in [0.05, 0.1) is 17.8 Å². The van der Waals surface area contributed by atoms with Gasteiger partial charge in [-0.3, -0.25) is 9.69 Å². The summed E-state index contributed by atoms with van der Waals surface area (Å²) in [6.45, 7) is 5.56. The molecule has 2 aliphatic heterocycles. The number of piperazine rings is 1. The van der Waals surface area contributed by atoms with Gasteiger partial charge >= 0.3 is 0 Å². The van der Waals surface area contributed by atoms with Crippen molar-refractivity contribution in [1.82, 2.24) is 14.8 Å². The Morgan fingerprint density at radius 3 is 2.35 bits per heavy atom. The quantitative estimate of drug-likeness (QED) is 0.768. The Balaban J connectivity index is 1.37. The maximum atomic E-state index is 12.5. The highest BCUT2D eigenvalue weighted by Crippen LogP contribution is 2.37. The second kappa shape index (κ2) is 8.68. The number of nitriles is 1. The molecule has 0 unspecified atom stereocenters. The zero-order chi connectivity index (χ0) is 21.2. The van der Waals surface area contributed by atoms with Crippen LogP contribution in [0.5, 0.6) is 0 Å². The first-order chi connectivity index (χ1) is 15.2. The summed E-state index contributed by atoms with van der Waals surface area (Å²) in [5.74, 6) is 1.08. The lowest BCUT2D eigenvalue weighted by atomic mass is 9.98. The van der Waals surface area contributed by atoms with E-state index in [1.54, 1.807) is 0 Å². The minimum Gasteiger partial charge on any atom is -0.353 e.